The lowest BCUT2D eigenvalue weighted by Gasteiger charge is -2.36. The highest BCUT2D eigenvalue weighted by molar-refractivity contribution is 9.10. The van der Waals surface area contributed by atoms with Gasteiger partial charge in [-0.15, -0.1) is 11.3 Å². The number of carbonyl (C=O) groups excluding carboxylic acids is 3. The van der Waals surface area contributed by atoms with E-state index in [0.29, 0.717) is 36.3 Å². The van der Waals surface area contributed by atoms with Crippen molar-refractivity contribution in [2.75, 3.05) is 39.4 Å². The van der Waals surface area contributed by atoms with Gasteiger partial charge in [0, 0.05) is 30.0 Å². The van der Waals surface area contributed by atoms with E-state index in [9.17, 15) is 28.7 Å². The second-order valence-electron chi connectivity index (χ2n) is 21.0. The summed E-state index contributed by atoms with van der Waals surface area (Å²) in [5.74, 6) is -0.715. The Hall–Kier alpha value is -5.07. The Morgan fingerprint density at radius 3 is 2.41 bits per heavy atom. The highest BCUT2D eigenvalue weighted by Gasteiger charge is 2.53. The Balaban J connectivity index is 0.812. The fourth-order valence-electron chi connectivity index (χ4n) is 11.0. The third-order valence-corrected chi connectivity index (χ3v) is 16.8. The van der Waals surface area contributed by atoms with Crippen LogP contribution in [0.4, 0.5) is 4.39 Å². The Morgan fingerprint density at radius 2 is 1.73 bits per heavy atom. The number of benzene rings is 3. The van der Waals surface area contributed by atoms with Crippen LogP contribution in [-0.2, 0) is 19.1 Å². The smallest absolute Gasteiger partial charge is 0.283 e. The van der Waals surface area contributed by atoms with Crippen molar-refractivity contribution in [3.05, 3.63) is 97.8 Å². The average molecular weight is 1040 g/mol. The molecule has 17 heteroatoms. The van der Waals surface area contributed by atoms with Crippen LogP contribution in [0.1, 0.15) is 113 Å². The number of rotatable bonds is 14. The number of aliphatic hydroxyl groups is 1. The number of hydrogen-bond acceptors (Lipinski definition) is 10. The molecular weight excluding hydrogens is 976 g/mol. The van der Waals surface area contributed by atoms with Gasteiger partial charge in [-0.3, -0.25) is 23.6 Å². The van der Waals surface area contributed by atoms with Crippen LogP contribution in [0, 0.1) is 12.3 Å². The van der Waals surface area contributed by atoms with Crippen molar-refractivity contribution < 1.29 is 28.6 Å². The molecule has 4 fully saturated rings. The third-order valence-electron chi connectivity index (χ3n) is 15.1. The molecule has 2 saturated heterocycles. The van der Waals surface area contributed by atoms with Gasteiger partial charge >= 0.3 is 0 Å². The zero-order valence-corrected chi connectivity index (χ0v) is 42.7. The van der Waals surface area contributed by atoms with E-state index >= 15 is 0 Å². The summed E-state index contributed by atoms with van der Waals surface area (Å²) >= 11 is 5.17. The predicted octanol–water partition coefficient (Wildman–Crippen LogP) is 8.16. The number of aromatic nitrogens is 4. The van der Waals surface area contributed by atoms with Crippen molar-refractivity contribution in [1.82, 2.24) is 39.4 Å². The molecular formula is C53H62BrFN8O6S. The number of nitrogens with zero attached hydrogens (tertiary/aromatic N) is 6. The molecule has 5 heterocycles. The first-order chi connectivity index (χ1) is 33.6. The number of hydrogen-bond donors (Lipinski definition) is 3. The summed E-state index contributed by atoms with van der Waals surface area (Å²) in [5.41, 5.74) is 5.94. The first-order valence-electron chi connectivity index (χ1n) is 24.8. The molecule has 14 nitrogen and oxygen atoms in total. The fourth-order valence-corrected chi connectivity index (χ4v) is 12.3. The molecule has 10 rings (SSSR count). The third kappa shape index (κ3) is 9.56. The van der Waals surface area contributed by atoms with E-state index in [-0.39, 0.29) is 38.0 Å². The number of aryl methyl sites for hydroxylation is 1. The largest absolute Gasteiger partial charge is 0.391 e. The average Bonchev–Trinajstić information content (AvgIpc) is 3.79. The molecule has 3 aromatic heterocycles. The molecule has 4 aliphatic rings. The Kier molecular flexibility index (Phi) is 13.5. The molecule has 0 radical (unpaired) electrons. The SMILES string of the molecule is Cc1ncsc1-c1ccc([C@H](COCCN2CCC(c3ccc4c(c3)n(C3CCCC3)c3nc(=O)c5c(Br)cccc5n43)CC2)NC(=O)[C@@H]2C[C@@H](O)CN2C(=O)[C@@H](NC(=O)C2(F)CC2)C(C)(C)C)cc1. The number of carbonyl (C=O) groups is 3. The molecule has 0 spiro atoms. The van der Waals surface area contributed by atoms with Gasteiger partial charge in [0.05, 0.1) is 63.4 Å². The van der Waals surface area contributed by atoms with E-state index in [1.54, 1.807) is 32.1 Å². The second-order valence-corrected chi connectivity index (χ2v) is 22.7. The minimum absolute atomic E-state index is 0.0220. The molecule has 70 heavy (non-hydrogen) atoms. The van der Waals surface area contributed by atoms with Crippen molar-refractivity contribution in [1.29, 1.82) is 0 Å². The molecule has 2 saturated carbocycles. The molecule has 0 unspecified atom stereocenters. The number of amides is 3. The van der Waals surface area contributed by atoms with Gasteiger partial charge in [0.25, 0.3) is 11.5 Å². The normalized spacial score (nSPS) is 20.9. The van der Waals surface area contributed by atoms with Gasteiger partial charge in [0.1, 0.15) is 12.1 Å². The maximum atomic E-state index is 14.8. The number of β-amino-alcohol motifs (C(OH)–C–C–N with tert-alkyl or cyclic N) is 1. The van der Waals surface area contributed by atoms with Crippen molar-refractivity contribution in [3.63, 3.8) is 0 Å². The number of aliphatic hydroxyl groups excluding tert-OH is 1. The number of nitrogens with one attached hydrogen (secondary N) is 2. The number of imidazole rings is 1. The zero-order chi connectivity index (χ0) is 49.1. The fraction of sp³-hybridized carbons (Fsp3) is 0.509. The standard InChI is InChI=1S/C53H62BrFN8O6S/c1-31-45(70-30-56-31)34-14-12-33(13-15-34)39(57-47(65)43-27-37(64)28-61(43)49(67)46(52(2,3)4)58-50(68)53(55)20-21-53)29-69-25-24-60-22-18-32(19-23-60)35-16-17-40-42(26-35)62(36-8-5-6-9-36)51-59-48(66)44-38(54)10-7-11-41(44)63(40)51/h7,10-17,26,30,32,36-37,39,43,46,64H,5-6,8-9,18-25,27-29H2,1-4H3,(H,57,65)(H,58,68)/t37-,39+,43+,46-/m1/s1. The molecule has 3 amide bonds. The Bertz CT molecular complexity index is 3000. The van der Waals surface area contributed by atoms with E-state index in [2.05, 4.69) is 63.6 Å². The molecule has 3 aromatic carbocycles. The van der Waals surface area contributed by atoms with Crippen LogP contribution in [0.2, 0.25) is 0 Å². The first kappa shape index (κ1) is 48.6. The summed E-state index contributed by atoms with van der Waals surface area (Å²) in [5, 5.41) is 17.2. The van der Waals surface area contributed by atoms with Crippen LogP contribution in [0.3, 0.4) is 0 Å². The number of piperidine rings is 1. The molecule has 2 aliphatic heterocycles. The Labute approximate surface area is 419 Å². The molecule has 0 bridgehead atoms. The number of halogens is 2. The highest BCUT2D eigenvalue weighted by Crippen LogP contribution is 2.41. The van der Waals surface area contributed by atoms with Crippen molar-refractivity contribution in [2.24, 2.45) is 5.41 Å². The summed E-state index contributed by atoms with van der Waals surface area (Å²) < 4.78 is 26.4. The molecule has 3 N–H and O–H groups in total. The maximum absolute atomic E-state index is 14.8. The van der Waals surface area contributed by atoms with Gasteiger partial charge in [-0.1, -0.05) is 70.0 Å². The number of alkyl halides is 1. The topological polar surface area (TPSA) is 163 Å². The lowest BCUT2D eigenvalue weighted by atomic mass is 9.85. The number of ether oxygens (including phenoxy) is 1. The van der Waals surface area contributed by atoms with E-state index < -0.39 is 53.0 Å². The number of thiazole rings is 1. The van der Waals surface area contributed by atoms with Gasteiger partial charge in [0.15, 0.2) is 5.67 Å². The zero-order valence-electron chi connectivity index (χ0n) is 40.3. The summed E-state index contributed by atoms with van der Waals surface area (Å²) in [7, 11) is 0. The van der Waals surface area contributed by atoms with Crippen molar-refractivity contribution in [2.45, 2.75) is 127 Å². The van der Waals surface area contributed by atoms with Crippen LogP contribution < -0.4 is 16.2 Å². The highest BCUT2D eigenvalue weighted by atomic mass is 79.9. The monoisotopic (exact) mass is 1040 g/mol. The van der Waals surface area contributed by atoms with Crippen LogP contribution in [0.5, 0.6) is 0 Å². The summed E-state index contributed by atoms with van der Waals surface area (Å²) in [6.45, 7) is 10.4. The molecule has 4 atom stereocenters. The van der Waals surface area contributed by atoms with Gasteiger partial charge in [-0.05, 0) is 127 Å². The second kappa shape index (κ2) is 19.5. The Morgan fingerprint density at radius 1 is 0.986 bits per heavy atom. The van der Waals surface area contributed by atoms with Crippen LogP contribution in [0.25, 0.3) is 38.2 Å². The van der Waals surface area contributed by atoms with E-state index in [0.717, 1.165) is 94.3 Å². The molecule has 370 valence electrons. The maximum Gasteiger partial charge on any atom is 0.283 e. The lowest BCUT2D eigenvalue weighted by Crippen LogP contribution is -2.59. The van der Waals surface area contributed by atoms with Gasteiger partial charge in [-0.25, -0.2) is 9.37 Å². The van der Waals surface area contributed by atoms with Crippen LogP contribution >= 0.6 is 27.3 Å². The minimum Gasteiger partial charge on any atom is -0.391 e. The summed E-state index contributed by atoms with van der Waals surface area (Å²) in [4.78, 5) is 68.7. The van der Waals surface area contributed by atoms with Crippen molar-refractivity contribution >= 4 is 72.7 Å². The van der Waals surface area contributed by atoms with Crippen molar-refractivity contribution in [3.8, 4) is 10.4 Å². The van der Waals surface area contributed by atoms with E-state index in [1.165, 1.54) is 10.5 Å². The minimum atomic E-state index is -1.98. The van der Waals surface area contributed by atoms with Gasteiger partial charge in [-0.2, -0.15) is 4.98 Å². The molecule has 2 aliphatic carbocycles. The quantitative estimate of drug-likeness (QED) is 0.0914. The molecule has 6 aromatic rings. The van der Waals surface area contributed by atoms with Gasteiger partial charge < -0.3 is 34.8 Å². The predicted molar refractivity (Wildman–Crippen MR) is 273 cm³/mol. The summed E-state index contributed by atoms with van der Waals surface area (Å²) in [6, 6.07) is 18.2. The first-order valence-corrected chi connectivity index (χ1v) is 26.5. The number of fused-ring (bicyclic) bond motifs is 5. The summed E-state index contributed by atoms with van der Waals surface area (Å²) in [6.07, 6.45) is 5.72. The number of likely N-dealkylation sites (tertiary alicyclic amines) is 2. The van der Waals surface area contributed by atoms with Crippen LogP contribution in [-0.4, -0.2) is 115 Å². The lowest BCUT2D eigenvalue weighted by molar-refractivity contribution is -0.145. The van der Waals surface area contributed by atoms with E-state index in [4.69, 9.17) is 9.72 Å². The van der Waals surface area contributed by atoms with Crippen LogP contribution in [0.15, 0.2) is 75.4 Å². The van der Waals surface area contributed by atoms with Gasteiger partial charge in [0.2, 0.25) is 17.6 Å². The van der Waals surface area contributed by atoms with E-state index in [1.807, 2.05) is 54.9 Å².